The molecule has 8 heteroatoms. The minimum atomic E-state index is -3.98. The van der Waals surface area contributed by atoms with Crippen LogP contribution in [0.25, 0.3) is 0 Å². The van der Waals surface area contributed by atoms with E-state index in [4.69, 9.17) is 21.5 Å². The Morgan fingerprint density at radius 3 is 2.44 bits per heavy atom. The highest BCUT2D eigenvalue weighted by Gasteiger charge is 2.20. The summed E-state index contributed by atoms with van der Waals surface area (Å²) in [5, 5.41) is 5.10. The number of carbonyl (C=O) groups is 1. The second-order valence-corrected chi connectivity index (χ2v) is 6.50. The Morgan fingerprint density at radius 1 is 1.44 bits per heavy atom. The van der Waals surface area contributed by atoms with Gasteiger partial charge in [-0.1, -0.05) is 11.6 Å². The molecule has 5 nitrogen and oxygen atoms in total. The molecule has 1 rings (SSSR count). The molecule has 0 aromatic heterocycles. The van der Waals surface area contributed by atoms with Gasteiger partial charge in [-0.3, -0.25) is 0 Å². The minimum Gasteiger partial charge on any atom is -0.459 e. The largest absolute Gasteiger partial charge is 0.459 e. The van der Waals surface area contributed by atoms with Gasteiger partial charge in [-0.05, 0) is 41.9 Å². The van der Waals surface area contributed by atoms with Gasteiger partial charge in [0.1, 0.15) is 0 Å². The zero-order chi connectivity index (χ0) is 14.1. The molecule has 0 unspecified atom stereocenters. The van der Waals surface area contributed by atoms with E-state index in [-0.39, 0.29) is 26.1 Å². The number of sulfonamides is 1. The van der Waals surface area contributed by atoms with Crippen LogP contribution in [0.3, 0.4) is 0 Å². The molecule has 2 N–H and O–H groups in total. The lowest BCUT2D eigenvalue weighted by atomic mass is 10.2. The van der Waals surface area contributed by atoms with E-state index in [1.807, 2.05) is 0 Å². The van der Waals surface area contributed by atoms with Gasteiger partial charge in [0.25, 0.3) is 0 Å². The molecule has 0 aliphatic heterocycles. The maximum atomic E-state index is 11.7. The van der Waals surface area contributed by atoms with Gasteiger partial charge in [0.15, 0.2) is 0 Å². The molecular weight excluding hydrogens is 346 g/mol. The summed E-state index contributed by atoms with van der Waals surface area (Å²) in [5.41, 5.74) is 0.0286. The van der Waals surface area contributed by atoms with Crippen molar-refractivity contribution in [3.63, 3.8) is 0 Å². The number of carbonyl (C=O) groups excluding carboxylic acids is 1. The Bertz CT molecular complexity index is 586. The van der Waals surface area contributed by atoms with E-state index in [2.05, 4.69) is 15.9 Å². The Balaban J connectivity index is 3.34. The zero-order valence-electron chi connectivity index (χ0n) is 9.61. The lowest BCUT2D eigenvalue weighted by Crippen LogP contribution is -2.16. The monoisotopic (exact) mass is 355 g/mol. The molecule has 0 spiro atoms. The summed E-state index contributed by atoms with van der Waals surface area (Å²) in [6.45, 7) is 3.36. The quantitative estimate of drug-likeness (QED) is 0.842. The summed E-state index contributed by atoms with van der Waals surface area (Å²) < 4.78 is 27.7. The van der Waals surface area contributed by atoms with Crippen molar-refractivity contribution >= 4 is 43.5 Å². The average Bonchev–Trinajstić information content (AvgIpc) is 2.18. The predicted molar refractivity (Wildman–Crippen MR) is 71.1 cm³/mol. The Hall–Kier alpha value is -0.630. The fourth-order valence-electron chi connectivity index (χ4n) is 1.17. The molecule has 0 amide bonds. The zero-order valence-corrected chi connectivity index (χ0v) is 12.8. The number of esters is 1. The van der Waals surface area contributed by atoms with E-state index >= 15 is 0 Å². The molecular formula is C10H11BrClNO4S. The van der Waals surface area contributed by atoms with Crippen molar-refractivity contribution in [2.45, 2.75) is 24.8 Å². The first-order valence-corrected chi connectivity index (χ1v) is 7.57. The number of benzene rings is 1. The van der Waals surface area contributed by atoms with Crippen LogP contribution in [0, 0.1) is 0 Å². The van der Waals surface area contributed by atoms with E-state index in [0.717, 1.165) is 6.07 Å². The highest BCUT2D eigenvalue weighted by molar-refractivity contribution is 9.10. The van der Waals surface area contributed by atoms with Crippen LogP contribution < -0.4 is 5.14 Å². The third kappa shape index (κ3) is 3.68. The third-order valence-electron chi connectivity index (χ3n) is 1.88. The number of hydrogen-bond donors (Lipinski definition) is 1. The number of primary sulfonamides is 1. The molecule has 0 aliphatic rings. The molecule has 0 saturated carbocycles. The van der Waals surface area contributed by atoms with Crippen LogP contribution in [0.4, 0.5) is 0 Å². The van der Waals surface area contributed by atoms with Crippen molar-refractivity contribution < 1.29 is 17.9 Å². The molecule has 1 aromatic rings. The van der Waals surface area contributed by atoms with Crippen LogP contribution in [0.5, 0.6) is 0 Å². The molecule has 0 heterocycles. The van der Waals surface area contributed by atoms with Crippen LogP contribution in [0.15, 0.2) is 21.5 Å². The van der Waals surface area contributed by atoms with E-state index in [0.29, 0.717) is 0 Å². The minimum absolute atomic E-state index is 0.0286. The van der Waals surface area contributed by atoms with E-state index in [1.165, 1.54) is 6.07 Å². The Morgan fingerprint density at radius 2 is 2.00 bits per heavy atom. The van der Waals surface area contributed by atoms with Crippen molar-refractivity contribution in [3.8, 4) is 0 Å². The molecule has 100 valence electrons. The number of hydrogen-bond acceptors (Lipinski definition) is 4. The maximum Gasteiger partial charge on any atom is 0.338 e. The molecule has 0 saturated heterocycles. The highest BCUT2D eigenvalue weighted by atomic mass is 79.9. The van der Waals surface area contributed by atoms with E-state index in [9.17, 15) is 13.2 Å². The van der Waals surface area contributed by atoms with Crippen LogP contribution in [0.2, 0.25) is 5.02 Å². The summed E-state index contributed by atoms with van der Waals surface area (Å²) in [6.07, 6.45) is -0.321. The van der Waals surface area contributed by atoms with Crippen LogP contribution in [0.1, 0.15) is 24.2 Å². The van der Waals surface area contributed by atoms with Crippen LogP contribution >= 0.6 is 27.5 Å². The summed E-state index contributed by atoms with van der Waals surface area (Å²) in [4.78, 5) is 11.4. The summed E-state index contributed by atoms with van der Waals surface area (Å²) in [5.74, 6) is -0.663. The highest BCUT2D eigenvalue weighted by Crippen LogP contribution is 2.30. The maximum absolute atomic E-state index is 11.7. The molecule has 18 heavy (non-hydrogen) atoms. The van der Waals surface area contributed by atoms with Crippen molar-refractivity contribution in [1.82, 2.24) is 0 Å². The first kappa shape index (κ1) is 15.4. The fourth-order valence-corrected chi connectivity index (χ4v) is 3.00. The Kier molecular flexibility index (Phi) is 4.77. The van der Waals surface area contributed by atoms with Gasteiger partial charge in [0.05, 0.1) is 26.1 Å². The SMILES string of the molecule is CC(C)OC(=O)c1cc(Cl)c(Br)c(S(N)(=O)=O)c1. The fraction of sp³-hybridized carbons (Fsp3) is 0.300. The first-order chi connectivity index (χ1) is 8.12. The molecule has 0 atom stereocenters. The average molecular weight is 357 g/mol. The third-order valence-corrected chi connectivity index (χ3v) is 4.46. The topological polar surface area (TPSA) is 86.5 Å². The van der Waals surface area contributed by atoms with Gasteiger partial charge in [-0.15, -0.1) is 0 Å². The van der Waals surface area contributed by atoms with Gasteiger partial charge in [0, 0.05) is 0 Å². The van der Waals surface area contributed by atoms with Gasteiger partial charge in [0.2, 0.25) is 10.0 Å². The predicted octanol–water partition coefficient (Wildman–Crippen LogP) is 2.32. The molecule has 0 aliphatic carbocycles. The normalized spacial score (nSPS) is 11.7. The lowest BCUT2D eigenvalue weighted by Gasteiger charge is -2.10. The van der Waals surface area contributed by atoms with Crippen LogP contribution in [-0.4, -0.2) is 20.5 Å². The van der Waals surface area contributed by atoms with Gasteiger partial charge < -0.3 is 4.74 Å². The molecule has 0 bridgehead atoms. The number of halogens is 2. The van der Waals surface area contributed by atoms with Crippen molar-refractivity contribution in [2.24, 2.45) is 5.14 Å². The summed E-state index contributed by atoms with van der Waals surface area (Å²) in [6, 6.07) is 2.43. The summed E-state index contributed by atoms with van der Waals surface area (Å²) >= 11 is 8.84. The summed E-state index contributed by atoms with van der Waals surface area (Å²) in [7, 11) is -3.98. The van der Waals surface area contributed by atoms with Gasteiger partial charge in [-0.2, -0.15) is 0 Å². The Labute approximate surface area is 118 Å². The number of nitrogens with two attached hydrogens (primary N) is 1. The van der Waals surface area contributed by atoms with Crippen molar-refractivity contribution in [2.75, 3.05) is 0 Å². The van der Waals surface area contributed by atoms with Gasteiger partial charge in [-0.25, -0.2) is 18.4 Å². The van der Waals surface area contributed by atoms with E-state index in [1.54, 1.807) is 13.8 Å². The molecule has 0 radical (unpaired) electrons. The first-order valence-electron chi connectivity index (χ1n) is 4.85. The molecule has 1 aromatic carbocycles. The van der Waals surface area contributed by atoms with E-state index < -0.39 is 16.0 Å². The second-order valence-electron chi connectivity index (χ2n) is 3.77. The van der Waals surface area contributed by atoms with Crippen molar-refractivity contribution in [1.29, 1.82) is 0 Å². The van der Waals surface area contributed by atoms with Gasteiger partial charge >= 0.3 is 5.97 Å². The smallest absolute Gasteiger partial charge is 0.338 e. The van der Waals surface area contributed by atoms with Crippen LogP contribution in [-0.2, 0) is 14.8 Å². The lowest BCUT2D eigenvalue weighted by molar-refractivity contribution is 0.0377. The number of ether oxygens (including phenoxy) is 1. The standard InChI is InChI=1S/C10H11BrClNO4S/c1-5(2)17-10(14)6-3-7(12)9(11)8(4-6)18(13,15)16/h3-5H,1-2H3,(H2,13,15,16). The molecule has 0 fully saturated rings. The second kappa shape index (κ2) is 5.56. The van der Waals surface area contributed by atoms with Crippen molar-refractivity contribution in [3.05, 3.63) is 27.2 Å². The number of rotatable bonds is 3.